The maximum Gasteiger partial charge on any atom is 0.153 e. The Labute approximate surface area is 61.4 Å². The van der Waals surface area contributed by atoms with Crippen molar-refractivity contribution in [3.63, 3.8) is 0 Å². The molecule has 1 aliphatic rings. The lowest BCUT2D eigenvalue weighted by Gasteiger charge is -2.11. The van der Waals surface area contributed by atoms with Crippen LogP contribution in [-0.4, -0.2) is 18.9 Å². The number of Topliss-reactive ketones (excluding diaryl/α,β-unsaturated/α-hetero) is 1. The van der Waals surface area contributed by atoms with Gasteiger partial charge in [0.05, 0.1) is 6.54 Å². The Bertz CT molecular complexity index is 122. The zero-order valence-electron chi connectivity index (χ0n) is 5.73. The quantitative estimate of drug-likeness (QED) is 0.547. The molecule has 0 aromatic carbocycles. The van der Waals surface area contributed by atoms with E-state index in [1.165, 1.54) is 0 Å². The maximum absolute atomic E-state index is 10.8. The number of hydrogen-bond donors (Lipinski definition) is 1. The summed E-state index contributed by atoms with van der Waals surface area (Å²) in [7, 11) is 0. The van der Waals surface area contributed by atoms with Crippen LogP contribution in [0.15, 0.2) is 0 Å². The van der Waals surface area contributed by atoms with Crippen molar-refractivity contribution < 1.29 is 4.79 Å². The number of nitrogens with one attached hydrogen (secondary N) is 1. The van der Waals surface area contributed by atoms with E-state index in [-0.39, 0.29) is 17.8 Å². The Morgan fingerprint density at radius 3 is 2.22 bits per heavy atom. The molecule has 0 radical (unpaired) electrons. The third-order valence-electron chi connectivity index (χ3n) is 1.61. The molecule has 1 aliphatic heterocycles. The molecular formula is C6H12ClNO. The molecule has 9 heavy (non-hydrogen) atoms. The van der Waals surface area contributed by atoms with E-state index in [9.17, 15) is 4.79 Å². The first-order valence-electron chi connectivity index (χ1n) is 2.87. The van der Waals surface area contributed by atoms with Crippen LogP contribution in [0.2, 0.25) is 0 Å². The van der Waals surface area contributed by atoms with Gasteiger partial charge in [-0.05, 0) is 0 Å². The predicted molar refractivity (Wildman–Crippen MR) is 38.9 cm³/mol. The molecule has 0 bridgehead atoms. The van der Waals surface area contributed by atoms with E-state index >= 15 is 0 Å². The van der Waals surface area contributed by atoms with Crippen LogP contribution in [0.1, 0.15) is 13.8 Å². The summed E-state index contributed by atoms with van der Waals surface area (Å²) >= 11 is 0. The number of carbonyl (C=O) groups excluding carboxylic acids is 1. The van der Waals surface area contributed by atoms with Crippen molar-refractivity contribution in [2.75, 3.05) is 13.1 Å². The Morgan fingerprint density at radius 2 is 2.11 bits per heavy atom. The summed E-state index contributed by atoms with van der Waals surface area (Å²) in [5, 5.41) is 3.01. The van der Waals surface area contributed by atoms with Crippen molar-refractivity contribution in [1.82, 2.24) is 5.32 Å². The number of halogens is 1. The van der Waals surface area contributed by atoms with E-state index in [1.54, 1.807) is 0 Å². The molecule has 0 aromatic rings. The highest BCUT2D eigenvalue weighted by molar-refractivity contribution is 5.88. The van der Waals surface area contributed by atoms with Crippen molar-refractivity contribution in [2.45, 2.75) is 13.8 Å². The largest absolute Gasteiger partial charge is 0.309 e. The lowest BCUT2D eigenvalue weighted by Crippen LogP contribution is -2.21. The smallest absolute Gasteiger partial charge is 0.153 e. The van der Waals surface area contributed by atoms with Gasteiger partial charge in [-0.15, -0.1) is 12.4 Å². The molecule has 2 nitrogen and oxygen atoms in total. The van der Waals surface area contributed by atoms with E-state index in [0.717, 1.165) is 6.54 Å². The fraction of sp³-hybridized carbons (Fsp3) is 0.833. The molecule has 0 saturated carbocycles. The van der Waals surface area contributed by atoms with Gasteiger partial charge in [0, 0.05) is 12.0 Å². The first kappa shape index (κ1) is 8.92. The van der Waals surface area contributed by atoms with Gasteiger partial charge in [0.2, 0.25) is 0 Å². The van der Waals surface area contributed by atoms with Gasteiger partial charge in [-0.1, -0.05) is 13.8 Å². The molecule has 3 heteroatoms. The molecule has 1 N–H and O–H groups in total. The van der Waals surface area contributed by atoms with Crippen molar-refractivity contribution >= 4 is 18.2 Å². The first-order valence-corrected chi connectivity index (χ1v) is 2.87. The SMILES string of the molecule is CC1(C)CNCC1=O.Cl. The van der Waals surface area contributed by atoms with Crippen LogP contribution in [0, 0.1) is 5.41 Å². The number of carbonyl (C=O) groups is 1. The summed E-state index contributed by atoms with van der Waals surface area (Å²) in [5.74, 6) is 0.331. The Morgan fingerprint density at radius 1 is 1.56 bits per heavy atom. The maximum atomic E-state index is 10.8. The van der Waals surface area contributed by atoms with E-state index in [0.29, 0.717) is 12.3 Å². The van der Waals surface area contributed by atoms with E-state index in [4.69, 9.17) is 0 Å². The third-order valence-corrected chi connectivity index (χ3v) is 1.61. The summed E-state index contributed by atoms with van der Waals surface area (Å²) in [4.78, 5) is 10.8. The van der Waals surface area contributed by atoms with Crippen molar-refractivity contribution in [3.8, 4) is 0 Å². The van der Waals surface area contributed by atoms with Crippen LogP contribution in [0.3, 0.4) is 0 Å². The number of hydrogen-bond acceptors (Lipinski definition) is 2. The molecule has 0 atom stereocenters. The topological polar surface area (TPSA) is 29.1 Å². The van der Waals surface area contributed by atoms with E-state index in [1.807, 2.05) is 13.8 Å². The molecule has 0 unspecified atom stereocenters. The lowest BCUT2D eigenvalue weighted by atomic mass is 9.92. The second-order valence-corrected chi connectivity index (χ2v) is 2.91. The van der Waals surface area contributed by atoms with Crippen LogP contribution in [0.25, 0.3) is 0 Å². The second kappa shape index (κ2) is 2.67. The molecule has 0 aliphatic carbocycles. The van der Waals surface area contributed by atoms with Crippen LogP contribution < -0.4 is 5.32 Å². The van der Waals surface area contributed by atoms with Gasteiger partial charge in [0.1, 0.15) is 0 Å². The van der Waals surface area contributed by atoms with Crippen LogP contribution in [0.4, 0.5) is 0 Å². The van der Waals surface area contributed by atoms with Crippen molar-refractivity contribution in [3.05, 3.63) is 0 Å². The van der Waals surface area contributed by atoms with Crippen LogP contribution >= 0.6 is 12.4 Å². The fourth-order valence-corrected chi connectivity index (χ4v) is 0.826. The third kappa shape index (κ3) is 1.66. The highest BCUT2D eigenvalue weighted by atomic mass is 35.5. The fourth-order valence-electron chi connectivity index (χ4n) is 0.826. The molecule has 1 fully saturated rings. The summed E-state index contributed by atoms with van der Waals surface area (Å²) in [5.41, 5.74) is -0.0972. The van der Waals surface area contributed by atoms with Gasteiger partial charge >= 0.3 is 0 Å². The van der Waals surface area contributed by atoms with Gasteiger partial charge in [-0.25, -0.2) is 0 Å². The predicted octanol–water partition coefficient (Wildman–Crippen LogP) is 0.607. The highest BCUT2D eigenvalue weighted by Gasteiger charge is 2.31. The summed E-state index contributed by atoms with van der Waals surface area (Å²) in [6.07, 6.45) is 0. The normalized spacial score (nSPS) is 23.6. The standard InChI is InChI=1S/C6H11NO.ClH/c1-6(2)4-7-3-5(6)8;/h7H,3-4H2,1-2H3;1H. The number of ketones is 1. The monoisotopic (exact) mass is 149 g/mol. The van der Waals surface area contributed by atoms with Gasteiger partial charge in [0.25, 0.3) is 0 Å². The molecule has 0 aromatic heterocycles. The van der Waals surface area contributed by atoms with E-state index < -0.39 is 0 Å². The van der Waals surface area contributed by atoms with Crippen molar-refractivity contribution in [1.29, 1.82) is 0 Å². The molecule has 1 saturated heterocycles. The van der Waals surface area contributed by atoms with Crippen molar-refractivity contribution in [2.24, 2.45) is 5.41 Å². The molecule has 1 heterocycles. The summed E-state index contributed by atoms with van der Waals surface area (Å²) in [6.45, 7) is 5.34. The average molecular weight is 150 g/mol. The Hall–Kier alpha value is -0.0800. The molecule has 54 valence electrons. The van der Waals surface area contributed by atoms with Crippen LogP contribution in [0.5, 0.6) is 0 Å². The average Bonchev–Trinajstić information content (AvgIpc) is 1.86. The zero-order valence-corrected chi connectivity index (χ0v) is 6.55. The minimum absolute atomic E-state index is 0. The Kier molecular flexibility index (Phi) is 2.65. The molecular weight excluding hydrogens is 138 g/mol. The summed E-state index contributed by atoms with van der Waals surface area (Å²) < 4.78 is 0. The molecule has 0 spiro atoms. The first-order chi connectivity index (χ1) is 3.63. The summed E-state index contributed by atoms with van der Waals surface area (Å²) in [6, 6.07) is 0. The van der Waals surface area contributed by atoms with Gasteiger partial charge in [-0.2, -0.15) is 0 Å². The van der Waals surface area contributed by atoms with Gasteiger partial charge in [0.15, 0.2) is 5.78 Å². The number of rotatable bonds is 0. The highest BCUT2D eigenvalue weighted by Crippen LogP contribution is 2.18. The zero-order chi connectivity index (χ0) is 6.20. The second-order valence-electron chi connectivity index (χ2n) is 2.91. The van der Waals surface area contributed by atoms with Gasteiger partial charge in [-0.3, -0.25) is 4.79 Å². The minimum Gasteiger partial charge on any atom is -0.309 e. The molecule has 0 amide bonds. The van der Waals surface area contributed by atoms with Gasteiger partial charge < -0.3 is 5.32 Å². The van der Waals surface area contributed by atoms with Crippen LogP contribution in [-0.2, 0) is 4.79 Å². The molecule has 1 rings (SSSR count). The Balaban J connectivity index is 0.000000640. The lowest BCUT2D eigenvalue weighted by molar-refractivity contribution is -0.122. The minimum atomic E-state index is -0.0972. The van der Waals surface area contributed by atoms with E-state index in [2.05, 4.69) is 5.32 Å².